The van der Waals surface area contributed by atoms with E-state index < -0.39 is 0 Å². The van der Waals surface area contributed by atoms with Crippen LogP contribution >= 0.6 is 0 Å². The third-order valence-electron chi connectivity index (χ3n) is 11.6. The van der Waals surface area contributed by atoms with Crippen LogP contribution in [0.3, 0.4) is 0 Å². The summed E-state index contributed by atoms with van der Waals surface area (Å²) in [6.45, 7) is 28.2. The third-order valence-corrected chi connectivity index (χ3v) is 11.6. The van der Waals surface area contributed by atoms with Gasteiger partial charge >= 0.3 is 0 Å². The van der Waals surface area contributed by atoms with Gasteiger partial charge in [-0.1, -0.05) is 126 Å². The maximum Gasteiger partial charge on any atom is 0.210 e. The van der Waals surface area contributed by atoms with E-state index in [-0.39, 0.29) is 39.2 Å². The van der Waals surface area contributed by atoms with Crippen LogP contribution in [0.2, 0.25) is 0 Å². The molecule has 0 amide bonds. The van der Waals surface area contributed by atoms with Crippen LogP contribution in [0.1, 0.15) is 164 Å². The van der Waals surface area contributed by atoms with Gasteiger partial charge in [-0.05, 0) is 110 Å². The predicted molar refractivity (Wildman–Crippen MR) is 252 cm³/mol. The molecule has 0 saturated heterocycles. The number of phenolic OH excluding ortho intramolecular Hbond substituents is 3. The van der Waals surface area contributed by atoms with E-state index in [9.17, 15) is 15.3 Å². The smallest absolute Gasteiger partial charge is 0.210 e. The average molecular weight is 843 g/mol. The van der Waals surface area contributed by atoms with Crippen LogP contribution in [-0.2, 0) is 41.9 Å². The van der Waals surface area contributed by atoms with Crippen molar-refractivity contribution in [2.75, 3.05) is 19.8 Å². The average Bonchev–Trinajstić information content (AvgIpc) is 3.18. The highest BCUT2D eigenvalue weighted by Crippen LogP contribution is 2.45. The van der Waals surface area contributed by atoms with Crippen molar-refractivity contribution in [3.63, 3.8) is 0 Å². The lowest BCUT2D eigenvalue weighted by Gasteiger charge is -2.28. The number of aromatic hydroxyl groups is 3. The molecule has 332 valence electrons. The van der Waals surface area contributed by atoms with Gasteiger partial charge in [0, 0.05) is 36.8 Å². The molecule has 1 aliphatic rings. The summed E-state index contributed by atoms with van der Waals surface area (Å²) in [7, 11) is 0. The number of rotatable bonds is 11. The van der Waals surface area contributed by atoms with Gasteiger partial charge in [0.25, 0.3) is 0 Å². The molecule has 0 unspecified atom stereocenters. The van der Waals surface area contributed by atoms with E-state index in [2.05, 4.69) is 119 Å². The SMILES string of the molecule is CCCOc1c2cc(C(C)(C)C)cc1Cc1cc(C(C)(C)C)cc(c1OCCC)Cc1cc(C(C)(C)C)cc(c1OCCC)Cc1cc(Oc3c(O)cccc3O)cc(c1O)C2. The molecule has 5 aromatic rings. The molecule has 6 rings (SSSR count). The van der Waals surface area contributed by atoms with Gasteiger partial charge in [-0.15, -0.1) is 0 Å². The minimum Gasteiger partial charge on any atom is -0.507 e. The summed E-state index contributed by atoms with van der Waals surface area (Å²) in [4.78, 5) is 0. The molecule has 0 spiro atoms. The fourth-order valence-electron chi connectivity index (χ4n) is 8.13. The van der Waals surface area contributed by atoms with Crippen LogP contribution in [0.4, 0.5) is 0 Å². The summed E-state index contributed by atoms with van der Waals surface area (Å²) in [5, 5.41) is 34.1. The van der Waals surface area contributed by atoms with Gasteiger partial charge in [0.05, 0.1) is 19.8 Å². The third kappa shape index (κ3) is 10.5. The molecule has 0 aromatic heterocycles. The van der Waals surface area contributed by atoms with E-state index >= 15 is 0 Å². The summed E-state index contributed by atoms with van der Waals surface area (Å²) in [5.41, 5.74) is 10.5. The Bertz CT molecular complexity index is 2240. The molecule has 8 bridgehead atoms. The van der Waals surface area contributed by atoms with E-state index in [4.69, 9.17) is 18.9 Å². The summed E-state index contributed by atoms with van der Waals surface area (Å²) in [6.07, 6.45) is 4.34. The lowest BCUT2D eigenvalue weighted by atomic mass is 9.80. The van der Waals surface area contributed by atoms with E-state index in [0.29, 0.717) is 62.4 Å². The van der Waals surface area contributed by atoms with E-state index in [1.165, 1.54) is 17.7 Å². The zero-order valence-electron chi connectivity index (χ0n) is 39.4. The van der Waals surface area contributed by atoms with Crippen LogP contribution in [0, 0.1) is 0 Å². The van der Waals surface area contributed by atoms with Crippen molar-refractivity contribution in [2.24, 2.45) is 0 Å². The summed E-state index contributed by atoms with van der Waals surface area (Å²) >= 11 is 0. The highest BCUT2D eigenvalue weighted by Gasteiger charge is 2.28. The first-order chi connectivity index (χ1) is 29.2. The molecule has 0 heterocycles. The highest BCUT2D eigenvalue weighted by molar-refractivity contribution is 5.61. The Morgan fingerprint density at radius 2 is 0.710 bits per heavy atom. The van der Waals surface area contributed by atoms with Crippen molar-refractivity contribution in [2.45, 2.75) is 144 Å². The number of hydrogen-bond acceptors (Lipinski definition) is 7. The number of hydrogen-bond donors (Lipinski definition) is 3. The van der Waals surface area contributed by atoms with Crippen LogP contribution < -0.4 is 18.9 Å². The van der Waals surface area contributed by atoms with Gasteiger partial charge in [0.2, 0.25) is 5.75 Å². The van der Waals surface area contributed by atoms with Gasteiger partial charge in [-0.2, -0.15) is 0 Å². The number of para-hydroxylation sites is 1. The molecule has 0 radical (unpaired) electrons. The first-order valence-electron chi connectivity index (χ1n) is 22.6. The molecule has 0 saturated carbocycles. The molecule has 7 nitrogen and oxygen atoms in total. The monoisotopic (exact) mass is 843 g/mol. The Hall–Kier alpha value is -5.30. The zero-order chi connectivity index (χ0) is 45.1. The molecular formula is C55H70O7. The lowest BCUT2D eigenvalue weighted by molar-refractivity contribution is 0.306. The molecule has 62 heavy (non-hydrogen) atoms. The van der Waals surface area contributed by atoms with Crippen molar-refractivity contribution in [1.29, 1.82) is 0 Å². The highest BCUT2D eigenvalue weighted by atomic mass is 16.5. The standard InChI is InChI=1S/C55H70O7/c1-13-19-59-49-36-22-34-32-45(62-52-46(56)17-16-18-47(52)57)33-35(48(34)58)23-37-27-43(54(7,8)9)29-39(50(37)60-20-14-2)25-41-31-44(55(10,11)12)30-40(51(41)61-21-15-3)24-38(49)28-42(26-36)53(4,5)6/h16-18,26-33,56-58H,13-15,19-25H2,1-12H3. The van der Waals surface area contributed by atoms with E-state index in [1.807, 2.05) is 12.1 Å². The van der Waals surface area contributed by atoms with Gasteiger partial charge in [-0.25, -0.2) is 0 Å². The number of benzene rings is 5. The van der Waals surface area contributed by atoms with E-state index in [0.717, 1.165) is 81.0 Å². The van der Waals surface area contributed by atoms with Crippen molar-refractivity contribution in [3.8, 4) is 46.0 Å². The zero-order valence-corrected chi connectivity index (χ0v) is 39.4. The molecule has 1 aliphatic carbocycles. The number of ether oxygens (including phenoxy) is 4. The Labute approximate surface area is 371 Å². The van der Waals surface area contributed by atoms with Crippen LogP contribution in [0.25, 0.3) is 0 Å². The summed E-state index contributed by atoms with van der Waals surface area (Å²) in [6, 6.07) is 21.9. The fraction of sp³-hybridized carbons (Fsp3) is 0.455. The Morgan fingerprint density at radius 1 is 0.419 bits per heavy atom. The second-order valence-corrected chi connectivity index (χ2v) is 20.2. The summed E-state index contributed by atoms with van der Waals surface area (Å²) in [5.74, 6) is 2.61. The molecular weight excluding hydrogens is 773 g/mol. The molecule has 0 atom stereocenters. The molecule has 0 fully saturated rings. The Balaban J connectivity index is 1.75. The number of fused-ring (bicyclic) bond motifs is 8. The molecule has 0 aliphatic heterocycles. The van der Waals surface area contributed by atoms with Crippen LogP contribution in [0.5, 0.6) is 46.0 Å². The molecule has 5 aromatic carbocycles. The largest absolute Gasteiger partial charge is 0.507 e. The predicted octanol–water partition coefficient (Wildman–Crippen LogP) is 13.5. The second kappa shape index (κ2) is 18.6. The maximum atomic E-state index is 12.5. The van der Waals surface area contributed by atoms with Crippen molar-refractivity contribution in [3.05, 3.63) is 128 Å². The second-order valence-electron chi connectivity index (χ2n) is 20.2. The number of phenols is 3. The lowest BCUT2D eigenvalue weighted by Crippen LogP contribution is -2.17. The quantitative estimate of drug-likeness (QED) is 0.119. The van der Waals surface area contributed by atoms with Crippen LogP contribution in [-0.4, -0.2) is 35.1 Å². The van der Waals surface area contributed by atoms with Crippen molar-refractivity contribution < 1.29 is 34.3 Å². The Morgan fingerprint density at radius 3 is 0.984 bits per heavy atom. The van der Waals surface area contributed by atoms with Crippen LogP contribution in [0.15, 0.2) is 66.7 Å². The van der Waals surface area contributed by atoms with Gasteiger partial charge in [-0.3, -0.25) is 0 Å². The Kier molecular flexibility index (Phi) is 13.9. The summed E-state index contributed by atoms with van der Waals surface area (Å²) < 4.78 is 26.8. The van der Waals surface area contributed by atoms with Crippen molar-refractivity contribution in [1.82, 2.24) is 0 Å². The topological polar surface area (TPSA) is 97.6 Å². The van der Waals surface area contributed by atoms with Gasteiger partial charge in [0.1, 0.15) is 28.7 Å². The molecule has 3 N–H and O–H groups in total. The first-order valence-corrected chi connectivity index (χ1v) is 22.6. The van der Waals surface area contributed by atoms with Crippen molar-refractivity contribution >= 4 is 0 Å². The fourth-order valence-corrected chi connectivity index (χ4v) is 8.13. The normalized spacial score (nSPS) is 13.2. The maximum absolute atomic E-state index is 12.5. The van der Waals surface area contributed by atoms with Gasteiger partial charge in [0.15, 0.2) is 11.5 Å². The first kappa shape index (κ1) is 46.2. The minimum absolute atomic E-state index is 0.0536. The van der Waals surface area contributed by atoms with Gasteiger partial charge < -0.3 is 34.3 Å². The minimum atomic E-state index is -0.198. The van der Waals surface area contributed by atoms with E-state index in [1.54, 1.807) is 6.07 Å². The molecule has 7 heteroatoms.